The smallest absolute Gasteiger partial charge is 0.175 e. The summed E-state index contributed by atoms with van der Waals surface area (Å²) in [4.78, 5) is 0. The van der Waals surface area contributed by atoms with E-state index in [9.17, 15) is 0 Å². The lowest BCUT2D eigenvalue weighted by atomic mass is 10.2. The van der Waals surface area contributed by atoms with Crippen LogP contribution in [0.25, 0.3) is 0 Å². The van der Waals surface area contributed by atoms with Crippen molar-refractivity contribution in [2.75, 3.05) is 6.61 Å². The van der Waals surface area contributed by atoms with E-state index in [1.54, 1.807) is 0 Å². The number of hydrogen-bond acceptors (Lipinski definition) is 3. The minimum Gasteiger partial charge on any atom is -0.494 e. The lowest BCUT2D eigenvalue weighted by Crippen LogP contribution is -1.95. The van der Waals surface area contributed by atoms with Crippen LogP contribution in [0.3, 0.4) is 0 Å². The van der Waals surface area contributed by atoms with Crippen LogP contribution in [0.5, 0.6) is 5.75 Å². The van der Waals surface area contributed by atoms with Gasteiger partial charge in [-0.3, -0.25) is 0 Å². The van der Waals surface area contributed by atoms with Gasteiger partial charge in [0.1, 0.15) is 5.75 Å². The number of para-hydroxylation sites is 1. The maximum Gasteiger partial charge on any atom is 0.175 e. The van der Waals surface area contributed by atoms with E-state index in [1.165, 1.54) is 0 Å². The highest BCUT2D eigenvalue weighted by Crippen LogP contribution is 2.18. The molecule has 0 saturated carbocycles. The monoisotopic (exact) mass is 208 g/mol. The van der Waals surface area contributed by atoms with Crippen molar-refractivity contribution in [1.82, 2.24) is 0 Å². The highest BCUT2D eigenvalue weighted by molar-refractivity contribution is 6.30. The molecule has 0 spiro atoms. The zero-order chi connectivity index (χ0) is 10.2. The van der Waals surface area contributed by atoms with Gasteiger partial charge in [0.05, 0.1) is 13.2 Å². The molecule has 1 rings (SSSR count). The molecule has 0 unspecified atom stereocenters. The summed E-state index contributed by atoms with van der Waals surface area (Å²) in [6.45, 7) is 5.42. The van der Waals surface area contributed by atoms with Crippen LogP contribution >= 0.6 is 0 Å². The van der Waals surface area contributed by atoms with Crippen molar-refractivity contribution in [3.8, 4) is 5.75 Å². The summed E-state index contributed by atoms with van der Waals surface area (Å²) < 4.78 is 9.55. The predicted octanol–water partition coefficient (Wildman–Crippen LogP) is 2.17. The van der Waals surface area contributed by atoms with Gasteiger partial charge in [0.15, 0.2) is 9.68 Å². The molecule has 3 nitrogen and oxygen atoms in total. The fourth-order valence-electron chi connectivity index (χ4n) is 1.16. The Morgan fingerprint density at radius 1 is 1.36 bits per heavy atom. The van der Waals surface area contributed by atoms with E-state index >= 15 is 0 Å². The quantitative estimate of drug-likeness (QED) is 0.539. The van der Waals surface area contributed by atoms with E-state index in [0.717, 1.165) is 11.3 Å². The van der Waals surface area contributed by atoms with Crippen molar-refractivity contribution in [3.05, 3.63) is 29.8 Å². The van der Waals surface area contributed by atoms with Gasteiger partial charge in [0.2, 0.25) is 0 Å². The first-order valence-electron chi connectivity index (χ1n) is 4.92. The Morgan fingerprint density at radius 3 is 2.86 bits per heavy atom. The van der Waals surface area contributed by atoms with Gasteiger partial charge in [0, 0.05) is 5.56 Å². The number of nitrogens with zero attached hydrogens (tertiary/aromatic N) is 2. The SMILES string of the molecule is CCOc1ccccc1CN=N[SiH2]C. The standard InChI is InChI=1S/C10H16N2OSi/c1-3-13-10-7-5-4-6-9(10)8-11-12-14-2/h4-7H,3,8,14H2,1-2H3. The van der Waals surface area contributed by atoms with Gasteiger partial charge >= 0.3 is 0 Å². The molecule has 0 heterocycles. The van der Waals surface area contributed by atoms with Gasteiger partial charge in [-0.15, -0.1) is 0 Å². The number of rotatable bonds is 5. The van der Waals surface area contributed by atoms with Crippen LogP contribution < -0.4 is 4.74 Å². The van der Waals surface area contributed by atoms with E-state index in [2.05, 4.69) is 16.4 Å². The Hall–Kier alpha value is -1.16. The average Bonchev–Trinajstić information content (AvgIpc) is 2.21. The molecular weight excluding hydrogens is 192 g/mol. The maximum atomic E-state index is 5.48. The van der Waals surface area contributed by atoms with Gasteiger partial charge in [-0.1, -0.05) is 24.7 Å². The third-order valence-electron chi connectivity index (χ3n) is 1.75. The van der Waals surface area contributed by atoms with E-state index in [1.807, 2.05) is 31.2 Å². The van der Waals surface area contributed by atoms with Crippen molar-refractivity contribution >= 4 is 9.68 Å². The molecule has 0 amide bonds. The van der Waals surface area contributed by atoms with Crippen LogP contribution in [0, 0.1) is 0 Å². The van der Waals surface area contributed by atoms with Crippen molar-refractivity contribution in [2.45, 2.75) is 20.0 Å². The van der Waals surface area contributed by atoms with Crippen molar-refractivity contribution < 1.29 is 4.74 Å². The first-order valence-corrected chi connectivity index (χ1v) is 6.97. The van der Waals surface area contributed by atoms with E-state index in [0.29, 0.717) is 13.2 Å². The van der Waals surface area contributed by atoms with Crippen molar-refractivity contribution in [1.29, 1.82) is 0 Å². The fraction of sp³-hybridized carbons (Fsp3) is 0.400. The highest BCUT2D eigenvalue weighted by atomic mass is 28.2. The van der Waals surface area contributed by atoms with Crippen LogP contribution in [0.2, 0.25) is 6.55 Å². The lowest BCUT2D eigenvalue weighted by molar-refractivity contribution is 0.336. The number of ether oxygens (including phenoxy) is 1. The Bertz CT molecular complexity index is 302. The third kappa shape index (κ3) is 3.30. The molecule has 0 aliphatic heterocycles. The largest absolute Gasteiger partial charge is 0.494 e. The molecule has 0 aliphatic rings. The molecule has 0 aromatic heterocycles. The molecular formula is C10H16N2OSi. The maximum absolute atomic E-state index is 5.48. The summed E-state index contributed by atoms with van der Waals surface area (Å²) in [6, 6.07) is 7.97. The Labute approximate surface area is 87.1 Å². The molecule has 14 heavy (non-hydrogen) atoms. The normalized spacial score (nSPS) is 11.6. The number of benzene rings is 1. The molecule has 0 radical (unpaired) electrons. The second-order valence-corrected chi connectivity index (χ2v) is 3.71. The minimum absolute atomic E-state index is 0.308. The molecule has 1 aromatic rings. The van der Waals surface area contributed by atoms with Crippen LogP contribution in [0.4, 0.5) is 0 Å². The second kappa shape index (κ2) is 6.31. The van der Waals surface area contributed by atoms with Gasteiger partial charge < -0.3 is 4.74 Å². The van der Waals surface area contributed by atoms with E-state index in [4.69, 9.17) is 4.74 Å². The zero-order valence-electron chi connectivity index (χ0n) is 8.73. The first-order chi connectivity index (χ1) is 6.88. The molecule has 0 saturated heterocycles. The van der Waals surface area contributed by atoms with Crippen LogP contribution in [0.1, 0.15) is 12.5 Å². The molecule has 0 N–H and O–H groups in total. The summed E-state index contributed by atoms with van der Waals surface area (Å²) >= 11 is 0. The van der Waals surface area contributed by atoms with Crippen LogP contribution in [-0.4, -0.2) is 16.3 Å². The first kappa shape index (κ1) is 10.9. The summed E-state index contributed by atoms with van der Waals surface area (Å²) in [5.41, 5.74) is 1.11. The van der Waals surface area contributed by atoms with Crippen LogP contribution in [0.15, 0.2) is 34.2 Å². The zero-order valence-corrected chi connectivity index (χ0v) is 10.1. The van der Waals surface area contributed by atoms with Crippen molar-refractivity contribution in [3.63, 3.8) is 0 Å². The topological polar surface area (TPSA) is 34.0 Å². The van der Waals surface area contributed by atoms with Crippen LogP contribution in [-0.2, 0) is 6.54 Å². The summed E-state index contributed by atoms with van der Waals surface area (Å²) in [7, 11) is -0.308. The Kier molecular flexibility index (Phi) is 4.92. The molecule has 76 valence electrons. The van der Waals surface area contributed by atoms with Crippen molar-refractivity contribution in [2.24, 2.45) is 9.89 Å². The Morgan fingerprint density at radius 2 is 2.14 bits per heavy atom. The predicted molar refractivity (Wildman–Crippen MR) is 60.6 cm³/mol. The minimum atomic E-state index is -0.308. The summed E-state index contributed by atoms with van der Waals surface area (Å²) in [5, 5.41) is 4.11. The summed E-state index contributed by atoms with van der Waals surface area (Å²) in [5.74, 6) is 0.923. The Balaban J connectivity index is 2.68. The van der Waals surface area contributed by atoms with E-state index < -0.39 is 0 Å². The van der Waals surface area contributed by atoms with Gasteiger partial charge in [0.25, 0.3) is 0 Å². The molecule has 0 bridgehead atoms. The molecule has 0 atom stereocenters. The molecule has 0 aliphatic carbocycles. The summed E-state index contributed by atoms with van der Waals surface area (Å²) in [6.07, 6.45) is 0. The molecule has 1 aromatic carbocycles. The third-order valence-corrected chi connectivity index (χ3v) is 2.24. The second-order valence-electron chi connectivity index (χ2n) is 2.80. The number of hydrogen-bond donors (Lipinski definition) is 0. The average molecular weight is 208 g/mol. The highest BCUT2D eigenvalue weighted by Gasteiger charge is 1.99. The molecule has 4 heteroatoms. The van der Waals surface area contributed by atoms with E-state index in [-0.39, 0.29) is 9.68 Å². The van der Waals surface area contributed by atoms with Gasteiger partial charge in [-0.25, -0.2) is 9.89 Å². The van der Waals surface area contributed by atoms with Gasteiger partial charge in [-0.2, -0.15) is 0 Å². The molecule has 0 fully saturated rings. The lowest BCUT2D eigenvalue weighted by Gasteiger charge is -2.06. The fourth-order valence-corrected chi connectivity index (χ4v) is 1.46. The van der Waals surface area contributed by atoms with Gasteiger partial charge in [-0.05, 0) is 13.0 Å².